The fraction of sp³-hybridized carbons (Fsp3) is 0.529. The lowest BCUT2D eigenvalue weighted by Gasteiger charge is -2.36. The van der Waals surface area contributed by atoms with Crippen molar-refractivity contribution >= 4 is 23.2 Å². The number of carbonyl (C=O) groups excluding carboxylic acids is 1. The van der Waals surface area contributed by atoms with Crippen LogP contribution in [0.15, 0.2) is 24.8 Å². The maximum absolute atomic E-state index is 12.0. The Labute approximate surface area is 152 Å². The summed E-state index contributed by atoms with van der Waals surface area (Å²) in [5.41, 5.74) is 1.16. The summed E-state index contributed by atoms with van der Waals surface area (Å²) >= 11 is 0. The van der Waals surface area contributed by atoms with Crippen molar-refractivity contribution in [3.05, 3.63) is 24.8 Å². The Kier molecular flexibility index (Phi) is 4.36. The number of aromatic nitrogens is 4. The van der Waals surface area contributed by atoms with Crippen molar-refractivity contribution in [2.24, 2.45) is 7.05 Å². The van der Waals surface area contributed by atoms with Crippen LogP contribution >= 0.6 is 0 Å². The number of anilines is 3. The maximum atomic E-state index is 12.0. The van der Waals surface area contributed by atoms with Gasteiger partial charge in [-0.2, -0.15) is 5.10 Å². The molecule has 2 fully saturated rings. The molecule has 9 nitrogen and oxygen atoms in total. The predicted octanol–water partition coefficient (Wildman–Crippen LogP) is -0.185. The van der Waals surface area contributed by atoms with Crippen LogP contribution in [0.25, 0.3) is 0 Å². The van der Waals surface area contributed by atoms with Crippen LogP contribution in [-0.4, -0.2) is 83.4 Å². The smallest absolute Gasteiger partial charge is 0.241 e. The molecule has 0 spiro atoms. The van der Waals surface area contributed by atoms with Gasteiger partial charge in [0.05, 0.1) is 18.4 Å². The predicted molar refractivity (Wildman–Crippen MR) is 99.5 cm³/mol. The fourth-order valence-corrected chi connectivity index (χ4v) is 3.40. The topological polar surface area (TPSA) is 73.6 Å². The number of hydrogen-bond donors (Lipinski definition) is 0. The van der Waals surface area contributed by atoms with Gasteiger partial charge in [-0.05, 0) is 0 Å². The molecule has 4 heterocycles. The van der Waals surface area contributed by atoms with Gasteiger partial charge in [0.2, 0.25) is 5.91 Å². The summed E-state index contributed by atoms with van der Waals surface area (Å²) in [6.07, 6.45) is 5.55. The minimum atomic E-state index is 0.126. The molecule has 2 saturated heterocycles. The van der Waals surface area contributed by atoms with Crippen molar-refractivity contribution in [1.29, 1.82) is 0 Å². The van der Waals surface area contributed by atoms with Gasteiger partial charge in [-0.3, -0.25) is 9.48 Å². The highest BCUT2D eigenvalue weighted by Crippen LogP contribution is 2.22. The first kappa shape index (κ1) is 16.6. The molecule has 0 N–H and O–H groups in total. The van der Waals surface area contributed by atoms with Gasteiger partial charge in [0.25, 0.3) is 0 Å². The number of piperazine rings is 2. The van der Waals surface area contributed by atoms with E-state index < -0.39 is 0 Å². The molecule has 0 saturated carbocycles. The van der Waals surface area contributed by atoms with Crippen LogP contribution in [0.4, 0.5) is 17.3 Å². The molecule has 26 heavy (non-hydrogen) atoms. The third-order valence-corrected chi connectivity index (χ3v) is 5.08. The zero-order valence-electron chi connectivity index (χ0n) is 15.2. The number of carbonyl (C=O) groups is 1. The van der Waals surface area contributed by atoms with Crippen LogP contribution in [0, 0.1) is 0 Å². The summed E-state index contributed by atoms with van der Waals surface area (Å²) < 4.78 is 1.83. The Morgan fingerprint density at radius 1 is 0.885 bits per heavy atom. The molecule has 2 aromatic heterocycles. The second-order valence-corrected chi connectivity index (χ2v) is 6.82. The minimum Gasteiger partial charge on any atom is -0.365 e. The van der Waals surface area contributed by atoms with Crippen LogP contribution < -0.4 is 14.7 Å². The van der Waals surface area contributed by atoms with E-state index in [2.05, 4.69) is 24.9 Å². The molecule has 2 aliphatic rings. The van der Waals surface area contributed by atoms with E-state index in [-0.39, 0.29) is 5.91 Å². The lowest BCUT2D eigenvalue weighted by Crippen LogP contribution is -2.49. The standard InChI is InChI=1S/C17H24N8O/c1-21-3-4-25(12-17(21)26)16-9-15(18-13-19-16)24-7-5-23(6-8-24)14-10-20-22(2)11-14/h9-11,13H,3-8,12H2,1-2H3. The average molecular weight is 356 g/mol. The minimum absolute atomic E-state index is 0.126. The van der Waals surface area contributed by atoms with Crippen LogP contribution in [0.2, 0.25) is 0 Å². The summed E-state index contributed by atoms with van der Waals surface area (Å²) in [6.45, 7) is 5.55. The van der Waals surface area contributed by atoms with Gasteiger partial charge >= 0.3 is 0 Å². The summed E-state index contributed by atoms with van der Waals surface area (Å²) in [6, 6.07) is 2.00. The molecule has 4 rings (SSSR count). The highest BCUT2D eigenvalue weighted by Gasteiger charge is 2.24. The lowest BCUT2D eigenvalue weighted by molar-refractivity contribution is -0.129. The van der Waals surface area contributed by atoms with E-state index in [1.165, 1.54) is 0 Å². The first-order valence-electron chi connectivity index (χ1n) is 8.89. The van der Waals surface area contributed by atoms with Crippen molar-refractivity contribution in [3.63, 3.8) is 0 Å². The highest BCUT2D eigenvalue weighted by atomic mass is 16.2. The van der Waals surface area contributed by atoms with Crippen molar-refractivity contribution in [2.75, 3.05) is 67.6 Å². The van der Waals surface area contributed by atoms with E-state index in [4.69, 9.17) is 0 Å². The van der Waals surface area contributed by atoms with Crippen LogP contribution in [-0.2, 0) is 11.8 Å². The lowest BCUT2D eigenvalue weighted by atomic mass is 10.2. The first-order chi connectivity index (χ1) is 12.6. The molecule has 0 bridgehead atoms. The van der Waals surface area contributed by atoms with Gasteiger partial charge in [-0.25, -0.2) is 9.97 Å². The average Bonchev–Trinajstić information content (AvgIpc) is 3.11. The van der Waals surface area contributed by atoms with Crippen molar-refractivity contribution in [2.45, 2.75) is 0 Å². The number of hydrogen-bond acceptors (Lipinski definition) is 7. The van der Waals surface area contributed by atoms with E-state index in [0.717, 1.165) is 56.6 Å². The zero-order chi connectivity index (χ0) is 18.1. The SMILES string of the molecule is CN1CCN(c2cc(N3CCN(c4cnn(C)c4)CC3)ncn2)CC1=O. The number of amides is 1. The number of likely N-dealkylation sites (N-methyl/N-ethyl adjacent to an activating group) is 1. The van der Waals surface area contributed by atoms with Crippen molar-refractivity contribution in [3.8, 4) is 0 Å². The molecule has 0 unspecified atom stereocenters. The van der Waals surface area contributed by atoms with E-state index in [1.807, 2.05) is 42.1 Å². The van der Waals surface area contributed by atoms with Crippen molar-refractivity contribution in [1.82, 2.24) is 24.6 Å². The second kappa shape index (κ2) is 6.81. The Hall–Kier alpha value is -2.84. The molecule has 1 amide bonds. The molecule has 0 atom stereocenters. The molecule has 9 heteroatoms. The third kappa shape index (κ3) is 3.29. The van der Waals surface area contributed by atoms with Gasteiger partial charge < -0.3 is 19.6 Å². The fourth-order valence-electron chi connectivity index (χ4n) is 3.40. The quantitative estimate of drug-likeness (QED) is 0.755. The molecule has 2 aromatic rings. The summed E-state index contributed by atoms with van der Waals surface area (Å²) in [4.78, 5) is 29.2. The van der Waals surface area contributed by atoms with Gasteiger partial charge in [0.1, 0.15) is 18.0 Å². The first-order valence-corrected chi connectivity index (χ1v) is 8.89. The Bertz CT molecular complexity index is 783. The number of nitrogens with zero attached hydrogens (tertiary/aromatic N) is 8. The Morgan fingerprint density at radius 3 is 2.19 bits per heavy atom. The summed E-state index contributed by atoms with van der Waals surface area (Å²) in [5.74, 6) is 1.87. The van der Waals surface area contributed by atoms with Gasteiger partial charge in [-0.15, -0.1) is 0 Å². The largest absolute Gasteiger partial charge is 0.365 e. The van der Waals surface area contributed by atoms with E-state index >= 15 is 0 Å². The maximum Gasteiger partial charge on any atom is 0.241 e. The van der Waals surface area contributed by atoms with Gasteiger partial charge in [0, 0.05) is 65.6 Å². The number of rotatable bonds is 3. The van der Waals surface area contributed by atoms with E-state index in [9.17, 15) is 4.79 Å². The zero-order valence-corrected chi connectivity index (χ0v) is 15.2. The van der Waals surface area contributed by atoms with E-state index in [0.29, 0.717) is 6.54 Å². The monoisotopic (exact) mass is 356 g/mol. The molecule has 0 radical (unpaired) electrons. The van der Waals surface area contributed by atoms with E-state index in [1.54, 1.807) is 11.2 Å². The van der Waals surface area contributed by atoms with Crippen molar-refractivity contribution < 1.29 is 4.79 Å². The Morgan fingerprint density at radius 2 is 1.54 bits per heavy atom. The van der Waals surface area contributed by atoms with Crippen LogP contribution in [0.5, 0.6) is 0 Å². The Balaban J connectivity index is 1.42. The molecular weight excluding hydrogens is 332 g/mol. The molecule has 0 aromatic carbocycles. The summed E-state index contributed by atoms with van der Waals surface area (Å²) in [5, 5.41) is 4.25. The molecular formula is C17H24N8O. The number of aryl methyl sites for hydroxylation is 1. The third-order valence-electron chi connectivity index (χ3n) is 5.08. The molecule has 2 aliphatic heterocycles. The second-order valence-electron chi connectivity index (χ2n) is 6.82. The highest BCUT2D eigenvalue weighted by molar-refractivity contribution is 5.82. The van der Waals surface area contributed by atoms with Crippen LogP contribution in [0.1, 0.15) is 0 Å². The van der Waals surface area contributed by atoms with Crippen LogP contribution in [0.3, 0.4) is 0 Å². The summed E-state index contributed by atoms with van der Waals surface area (Å²) in [7, 11) is 3.78. The van der Waals surface area contributed by atoms with Gasteiger partial charge in [0.15, 0.2) is 0 Å². The molecule has 0 aliphatic carbocycles. The normalized spacial score (nSPS) is 18.6. The molecule has 138 valence electrons. The van der Waals surface area contributed by atoms with Gasteiger partial charge in [-0.1, -0.05) is 0 Å².